The van der Waals surface area contributed by atoms with Crippen LogP contribution in [0.4, 0.5) is 0 Å². The molecule has 0 aliphatic heterocycles. The third kappa shape index (κ3) is 1.31. The van der Waals surface area contributed by atoms with Crippen LogP contribution < -0.4 is 5.73 Å². The first-order chi connectivity index (χ1) is 6.18. The molecule has 2 rings (SSSR count). The summed E-state index contributed by atoms with van der Waals surface area (Å²) in [6.45, 7) is 2.02. The number of nitrogens with one attached hydrogen (secondary N) is 1. The Hall–Kier alpha value is -1.36. The second-order valence-electron chi connectivity index (χ2n) is 2.89. The Bertz CT molecular complexity index is 454. The number of amidine groups is 1. The Morgan fingerprint density at radius 1 is 1.77 bits per heavy atom. The summed E-state index contributed by atoms with van der Waals surface area (Å²) in [6, 6.07) is 0. The van der Waals surface area contributed by atoms with Gasteiger partial charge in [0.2, 0.25) is 0 Å². The molecule has 0 radical (unpaired) electrons. The van der Waals surface area contributed by atoms with Gasteiger partial charge in [-0.25, -0.2) is 4.98 Å². The molecule has 0 amide bonds. The van der Waals surface area contributed by atoms with E-state index in [2.05, 4.69) is 4.98 Å². The standard InChI is InChI=1S/C8H10N4S/c1-5-6(4-7(9)10)13-8-11-2-3-12(5)8/h2-3H,4H2,1H3,(H3,9,10). The van der Waals surface area contributed by atoms with Crippen LogP contribution >= 0.6 is 11.3 Å². The summed E-state index contributed by atoms with van der Waals surface area (Å²) in [4.78, 5) is 6.27. The second-order valence-corrected chi connectivity index (χ2v) is 3.95. The maximum Gasteiger partial charge on any atom is 0.194 e. The minimum absolute atomic E-state index is 0.201. The number of fused-ring (bicyclic) bond motifs is 1. The van der Waals surface area contributed by atoms with Crippen LogP contribution in [-0.4, -0.2) is 15.2 Å². The van der Waals surface area contributed by atoms with Crippen LogP contribution in [0.25, 0.3) is 4.96 Å². The molecular weight excluding hydrogens is 184 g/mol. The van der Waals surface area contributed by atoms with Crippen LogP contribution in [0.3, 0.4) is 0 Å². The Labute approximate surface area is 79.5 Å². The van der Waals surface area contributed by atoms with Crippen molar-refractivity contribution < 1.29 is 0 Å². The molecule has 2 heterocycles. The molecule has 2 aromatic rings. The fourth-order valence-corrected chi connectivity index (χ4v) is 2.38. The van der Waals surface area contributed by atoms with Crippen LogP contribution in [0.5, 0.6) is 0 Å². The molecule has 0 saturated heterocycles. The van der Waals surface area contributed by atoms with E-state index in [4.69, 9.17) is 11.1 Å². The lowest BCUT2D eigenvalue weighted by atomic mass is 10.3. The van der Waals surface area contributed by atoms with E-state index in [9.17, 15) is 0 Å². The summed E-state index contributed by atoms with van der Waals surface area (Å²) in [5, 5.41) is 7.21. The van der Waals surface area contributed by atoms with E-state index in [1.54, 1.807) is 17.5 Å². The van der Waals surface area contributed by atoms with Gasteiger partial charge < -0.3 is 5.73 Å². The third-order valence-corrected chi connectivity index (χ3v) is 3.11. The molecule has 13 heavy (non-hydrogen) atoms. The topological polar surface area (TPSA) is 67.2 Å². The number of aryl methyl sites for hydroxylation is 1. The SMILES string of the molecule is Cc1c(CC(=N)N)sc2nccn12. The van der Waals surface area contributed by atoms with Gasteiger partial charge in [0.25, 0.3) is 0 Å². The quantitative estimate of drug-likeness (QED) is 0.557. The maximum absolute atomic E-state index is 7.21. The van der Waals surface area contributed by atoms with Gasteiger partial charge in [0, 0.05) is 29.4 Å². The summed E-state index contributed by atoms with van der Waals surface area (Å²) >= 11 is 1.59. The molecule has 0 aliphatic carbocycles. The summed E-state index contributed by atoms with van der Waals surface area (Å²) < 4.78 is 2.02. The maximum atomic E-state index is 7.21. The fraction of sp³-hybridized carbons (Fsp3) is 0.250. The molecule has 0 saturated carbocycles. The highest BCUT2D eigenvalue weighted by Gasteiger charge is 2.08. The number of nitrogens with zero attached hydrogens (tertiary/aromatic N) is 2. The lowest BCUT2D eigenvalue weighted by Gasteiger charge is -1.95. The minimum Gasteiger partial charge on any atom is -0.387 e. The second kappa shape index (κ2) is 2.85. The Balaban J connectivity index is 2.51. The number of hydrogen-bond donors (Lipinski definition) is 2. The van der Waals surface area contributed by atoms with Crippen LogP contribution in [0.2, 0.25) is 0 Å². The summed E-state index contributed by atoms with van der Waals surface area (Å²) in [7, 11) is 0. The minimum atomic E-state index is 0.201. The fourth-order valence-electron chi connectivity index (χ4n) is 1.28. The predicted molar refractivity (Wildman–Crippen MR) is 53.4 cm³/mol. The van der Waals surface area contributed by atoms with Gasteiger partial charge in [-0.15, -0.1) is 11.3 Å². The van der Waals surface area contributed by atoms with Gasteiger partial charge in [0.1, 0.15) is 0 Å². The van der Waals surface area contributed by atoms with Crippen molar-refractivity contribution >= 4 is 22.1 Å². The van der Waals surface area contributed by atoms with Gasteiger partial charge >= 0.3 is 0 Å². The zero-order chi connectivity index (χ0) is 9.42. The molecular formula is C8H10N4S. The lowest BCUT2D eigenvalue weighted by molar-refractivity contribution is 1.09. The van der Waals surface area contributed by atoms with Crippen molar-refractivity contribution in [1.82, 2.24) is 9.38 Å². The first-order valence-corrected chi connectivity index (χ1v) is 4.74. The average molecular weight is 194 g/mol. The monoisotopic (exact) mass is 194 g/mol. The summed E-state index contributed by atoms with van der Waals surface area (Å²) in [5.74, 6) is 0.201. The number of imidazole rings is 1. The Morgan fingerprint density at radius 2 is 2.54 bits per heavy atom. The van der Waals surface area contributed by atoms with Gasteiger partial charge in [0.15, 0.2) is 4.96 Å². The molecule has 0 unspecified atom stereocenters. The molecule has 0 bridgehead atoms. The molecule has 5 heteroatoms. The first kappa shape index (κ1) is 8.25. The van der Waals surface area contributed by atoms with Crippen LogP contribution in [0.1, 0.15) is 10.6 Å². The van der Waals surface area contributed by atoms with Gasteiger partial charge in [0.05, 0.1) is 5.84 Å². The summed E-state index contributed by atoms with van der Waals surface area (Å²) in [6.07, 6.45) is 4.22. The molecule has 4 nitrogen and oxygen atoms in total. The Morgan fingerprint density at radius 3 is 3.15 bits per heavy atom. The molecule has 0 aliphatic rings. The van der Waals surface area contributed by atoms with Crippen molar-refractivity contribution in [3.05, 3.63) is 23.0 Å². The largest absolute Gasteiger partial charge is 0.387 e. The highest BCUT2D eigenvalue weighted by Crippen LogP contribution is 2.21. The van der Waals surface area contributed by atoms with E-state index in [0.717, 1.165) is 15.5 Å². The van der Waals surface area contributed by atoms with E-state index in [0.29, 0.717) is 6.42 Å². The van der Waals surface area contributed by atoms with Crippen LogP contribution in [0.15, 0.2) is 12.4 Å². The van der Waals surface area contributed by atoms with E-state index >= 15 is 0 Å². The number of rotatable bonds is 2. The van der Waals surface area contributed by atoms with Crippen molar-refractivity contribution in [2.75, 3.05) is 0 Å². The number of thiazole rings is 1. The molecule has 3 N–H and O–H groups in total. The zero-order valence-corrected chi connectivity index (χ0v) is 8.06. The molecule has 0 fully saturated rings. The molecule has 0 aromatic carbocycles. The number of hydrogen-bond acceptors (Lipinski definition) is 3. The normalized spacial score (nSPS) is 10.8. The van der Waals surface area contributed by atoms with Crippen molar-refractivity contribution in [3.63, 3.8) is 0 Å². The third-order valence-electron chi connectivity index (χ3n) is 1.94. The summed E-state index contributed by atoms with van der Waals surface area (Å²) in [5.41, 5.74) is 6.48. The van der Waals surface area contributed by atoms with E-state index in [-0.39, 0.29) is 5.84 Å². The first-order valence-electron chi connectivity index (χ1n) is 3.92. The number of nitrogens with two attached hydrogens (primary N) is 1. The van der Waals surface area contributed by atoms with E-state index < -0.39 is 0 Å². The highest BCUT2D eigenvalue weighted by molar-refractivity contribution is 7.17. The van der Waals surface area contributed by atoms with Crippen molar-refractivity contribution in [2.45, 2.75) is 13.3 Å². The van der Waals surface area contributed by atoms with Crippen LogP contribution in [0, 0.1) is 12.3 Å². The molecule has 68 valence electrons. The van der Waals surface area contributed by atoms with Crippen LogP contribution in [-0.2, 0) is 6.42 Å². The molecule has 0 atom stereocenters. The molecule has 2 aromatic heterocycles. The van der Waals surface area contributed by atoms with Crippen molar-refractivity contribution in [2.24, 2.45) is 5.73 Å². The van der Waals surface area contributed by atoms with Gasteiger partial charge in [-0.2, -0.15) is 0 Å². The van der Waals surface area contributed by atoms with Gasteiger partial charge in [-0.3, -0.25) is 9.81 Å². The van der Waals surface area contributed by atoms with Crippen molar-refractivity contribution in [3.8, 4) is 0 Å². The lowest BCUT2D eigenvalue weighted by Crippen LogP contribution is -2.12. The van der Waals surface area contributed by atoms with E-state index in [1.165, 1.54) is 0 Å². The zero-order valence-electron chi connectivity index (χ0n) is 7.24. The highest BCUT2D eigenvalue weighted by atomic mass is 32.1. The van der Waals surface area contributed by atoms with E-state index in [1.807, 2.05) is 17.5 Å². The predicted octanol–water partition coefficient (Wildman–Crippen LogP) is 1.18. The Kier molecular flexibility index (Phi) is 1.81. The number of aromatic nitrogens is 2. The van der Waals surface area contributed by atoms with Gasteiger partial charge in [-0.1, -0.05) is 0 Å². The average Bonchev–Trinajstić information content (AvgIpc) is 2.56. The molecule has 0 spiro atoms. The smallest absolute Gasteiger partial charge is 0.194 e. The van der Waals surface area contributed by atoms with Crippen molar-refractivity contribution in [1.29, 1.82) is 5.41 Å². The van der Waals surface area contributed by atoms with Gasteiger partial charge in [-0.05, 0) is 6.92 Å².